The Morgan fingerprint density at radius 1 is 1.21 bits per heavy atom. The van der Waals surface area contributed by atoms with Crippen LogP contribution in [0.15, 0.2) is 36.4 Å². The van der Waals surface area contributed by atoms with E-state index in [-0.39, 0.29) is 11.9 Å². The van der Waals surface area contributed by atoms with Crippen LogP contribution in [-0.2, 0) is 11.2 Å². The van der Waals surface area contributed by atoms with Crippen LogP contribution < -0.4 is 10.6 Å². The molecule has 0 radical (unpaired) electrons. The molecule has 1 aliphatic rings. The lowest BCUT2D eigenvalue weighted by atomic mass is 10.1. The van der Waals surface area contributed by atoms with Crippen molar-refractivity contribution in [3.05, 3.63) is 47.7 Å². The number of carbonyl (C=O) groups excluding carboxylic acids is 1. The Kier molecular flexibility index (Phi) is 5.38. The average molecular weight is 326 g/mol. The summed E-state index contributed by atoms with van der Waals surface area (Å²) in [6.45, 7) is 3.50. The number of rotatable bonds is 5. The molecular formula is C18H22N4O2. The monoisotopic (exact) mass is 326 g/mol. The predicted octanol–water partition coefficient (Wildman–Crippen LogP) is 2.69. The highest BCUT2D eigenvalue weighted by Crippen LogP contribution is 2.16. The van der Waals surface area contributed by atoms with Crippen LogP contribution in [0.3, 0.4) is 0 Å². The standard InChI is InChI=1S/C18H22N4O2/c1-2-13-4-3-5-15(12-13)19-17-7-6-16(21-22-17)18(23)20-14-8-10-24-11-9-14/h3-7,12,14H,2,8-11H2,1H3,(H,19,22)(H,20,23). The van der Waals surface area contributed by atoms with Gasteiger partial charge in [0.25, 0.3) is 5.91 Å². The second-order valence-corrected chi connectivity index (χ2v) is 5.84. The molecule has 1 aliphatic heterocycles. The van der Waals surface area contributed by atoms with Gasteiger partial charge in [-0.3, -0.25) is 4.79 Å². The van der Waals surface area contributed by atoms with Gasteiger partial charge in [0.1, 0.15) is 0 Å². The third kappa shape index (κ3) is 4.29. The molecular weight excluding hydrogens is 304 g/mol. The van der Waals surface area contributed by atoms with Crippen molar-refractivity contribution in [3.8, 4) is 0 Å². The van der Waals surface area contributed by atoms with Crippen molar-refractivity contribution in [2.24, 2.45) is 0 Å². The summed E-state index contributed by atoms with van der Waals surface area (Å²) < 4.78 is 5.29. The Morgan fingerprint density at radius 2 is 2.04 bits per heavy atom. The molecule has 1 fully saturated rings. The fraction of sp³-hybridized carbons (Fsp3) is 0.389. The molecule has 2 heterocycles. The van der Waals surface area contributed by atoms with Gasteiger partial charge < -0.3 is 15.4 Å². The van der Waals surface area contributed by atoms with Crippen molar-refractivity contribution >= 4 is 17.4 Å². The summed E-state index contributed by atoms with van der Waals surface area (Å²) in [5.41, 5.74) is 2.54. The Bertz CT molecular complexity index is 682. The van der Waals surface area contributed by atoms with E-state index in [1.807, 2.05) is 12.1 Å². The molecule has 0 bridgehead atoms. The molecule has 0 unspecified atom stereocenters. The molecule has 3 rings (SSSR count). The fourth-order valence-corrected chi connectivity index (χ4v) is 2.64. The zero-order valence-corrected chi connectivity index (χ0v) is 13.8. The molecule has 0 atom stereocenters. The highest BCUT2D eigenvalue weighted by molar-refractivity contribution is 5.92. The van der Waals surface area contributed by atoms with Crippen molar-refractivity contribution in [2.45, 2.75) is 32.2 Å². The number of carbonyl (C=O) groups is 1. The molecule has 2 aromatic rings. The van der Waals surface area contributed by atoms with Crippen LogP contribution in [0.5, 0.6) is 0 Å². The van der Waals surface area contributed by atoms with E-state index in [9.17, 15) is 4.79 Å². The molecule has 2 N–H and O–H groups in total. The van der Waals surface area contributed by atoms with Gasteiger partial charge in [-0.1, -0.05) is 19.1 Å². The third-order valence-electron chi connectivity index (χ3n) is 4.06. The van der Waals surface area contributed by atoms with Crippen molar-refractivity contribution in [1.82, 2.24) is 15.5 Å². The minimum atomic E-state index is -0.186. The van der Waals surface area contributed by atoms with E-state index in [2.05, 4.69) is 39.9 Å². The van der Waals surface area contributed by atoms with Gasteiger partial charge in [-0.05, 0) is 49.1 Å². The number of nitrogens with one attached hydrogen (secondary N) is 2. The maximum absolute atomic E-state index is 12.2. The topological polar surface area (TPSA) is 76.1 Å². The van der Waals surface area contributed by atoms with Gasteiger partial charge in [-0.15, -0.1) is 10.2 Å². The lowest BCUT2D eigenvalue weighted by Gasteiger charge is -2.22. The van der Waals surface area contributed by atoms with Gasteiger partial charge in [0, 0.05) is 24.9 Å². The first-order valence-corrected chi connectivity index (χ1v) is 8.33. The van der Waals surface area contributed by atoms with E-state index >= 15 is 0 Å². The molecule has 6 nitrogen and oxygen atoms in total. The fourth-order valence-electron chi connectivity index (χ4n) is 2.64. The minimum absolute atomic E-state index is 0.155. The van der Waals surface area contributed by atoms with Crippen molar-refractivity contribution < 1.29 is 9.53 Å². The number of hydrogen-bond donors (Lipinski definition) is 2. The SMILES string of the molecule is CCc1cccc(Nc2ccc(C(=O)NC3CCOCC3)nn2)c1. The van der Waals surface area contributed by atoms with Crippen LogP contribution in [-0.4, -0.2) is 35.4 Å². The summed E-state index contributed by atoms with van der Waals surface area (Å²) >= 11 is 0. The number of amides is 1. The quantitative estimate of drug-likeness (QED) is 0.883. The zero-order chi connectivity index (χ0) is 16.8. The number of aromatic nitrogens is 2. The van der Waals surface area contributed by atoms with E-state index in [1.54, 1.807) is 12.1 Å². The second kappa shape index (κ2) is 7.88. The Hall–Kier alpha value is -2.47. The van der Waals surface area contributed by atoms with Crippen LogP contribution in [0.2, 0.25) is 0 Å². The highest BCUT2D eigenvalue weighted by Gasteiger charge is 2.17. The average Bonchev–Trinajstić information content (AvgIpc) is 2.63. The number of ether oxygens (including phenoxy) is 1. The first-order valence-electron chi connectivity index (χ1n) is 8.33. The molecule has 0 aliphatic carbocycles. The smallest absolute Gasteiger partial charge is 0.272 e. The molecule has 1 saturated heterocycles. The van der Waals surface area contributed by atoms with Crippen LogP contribution in [0.4, 0.5) is 11.5 Å². The first kappa shape index (κ1) is 16.4. The van der Waals surface area contributed by atoms with Crippen LogP contribution in [0.1, 0.15) is 35.8 Å². The number of hydrogen-bond acceptors (Lipinski definition) is 5. The summed E-state index contributed by atoms with van der Waals surface area (Å²) in [6.07, 6.45) is 2.66. The maximum Gasteiger partial charge on any atom is 0.272 e. The summed E-state index contributed by atoms with van der Waals surface area (Å²) in [6, 6.07) is 11.8. The Morgan fingerprint density at radius 3 is 2.75 bits per heavy atom. The molecule has 0 spiro atoms. The van der Waals surface area contributed by atoms with Gasteiger partial charge >= 0.3 is 0 Å². The van der Waals surface area contributed by atoms with Gasteiger partial charge in [-0.2, -0.15) is 0 Å². The molecule has 1 aromatic heterocycles. The van der Waals surface area contributed by atoms with E-state index < -0.39 is 0 Å². The van der Waals surface area contributed by atoms with E-state index in [0.29, 0.717) is 24.7 Å². The van der Waals surface area contributed by atoms with Crippen molar-refractivity contribution in [1.29, 1.82) is 0 Å². The van der Waals surface area contributed by atoms with Crippen molar-refractivity contribution in [2.75, 3.05) is 18.5 Å². The number of aryl methyl sites for hydroxylation is 1. The zero-order valence-electron chi connectivity index (χ0n) is 13.8. The molecule has 0 saturated carbocycles. The number of nitrogens with zero attached hydrogens (tertiary/aromatic N) is 2. The van der Waals surface area contributed by atoms with E-state index in [0.717, 1.165) is 24.9 Å². The lowest BCUT2D eigenvalue weighted by molar-refractivity contribution is 0.0693. The second-order valence-electron chi connectivity index (χ2n) is 5.84. The number of benzene rings is 1. The molecule has 1 aromatic carbocycles. The highest BCUT2D eigenvalue weighted by atomic mass is 16.5. The van der Waals surface area contributed by atoms with Gasteiger partial charge in [0.2, 0.25) is 0 Å². The van der Waals surface area contributed by atoms with Gasteiger partial charge in [0.15, 0.2) is 11.5 Å². The van der Waals surface area contributed by atoms with Crippen LogP contribution >= 0.6 is 0 Å². The van der Waals surface area contributed by atoms with E-state index in [1.165, 1.54) is 5.56 Å². The summed E-state index contributed by atoms with van der Waals surface area (Å²) in [4.78, 5) is 12.2. The largest absolute Gasteiger partial charge is 0.381 e. The minimum Gasteiger partial charge on any atom is -0.381 e. The Labute approximate surface area is 141 Å². The predicted molar refractivity (Wildman–Crippen MR) is 92.4 cm³/mol. The molecule has 1 amide bonds. The third-order valence-corrected chi connectivity index (χ3v) is 4.06. The molecule has 126 valence electrons. The van der Waals surface area contributed by atoms with Gasteiger partial charge in [0.05, 0.1) is 0 Å². The molecule has 24 heavy (non-hydrogen) atoms. The summed E-state index contributed by atoms with van der Waals surface area (Å²) in [5, 5.41) is 14.3. The van der Waals surface area contributed by atoms with Crippen LogP contribution in [0, 0.1) is 0 Å². The lowest BCUT2D eigenvalue weighted by Crippen LogP contribution is -2.39. The summed E-state index contributed by atoms with van der Waals surface area (Å²) in [7, 11) is 0. The Balaban J connectivity index is 1.60. The van der Waals surface area contributed by atoms with Crippen LogP contribution in [0.25, 0.3) is 0 Å². The molecule has 6 heteroatoms. The normalized spacial score (nSPS) is 15.0. The maximum atomic E-state index is 12.2. The van der Waals surface area contributed by atoms with Crippen molar-refractivity contribution in [3.63, 3.8) is 0 Å². The summed E-state index contributed by atoms with van der Waals surface area (Å²) in [5.74, 6) is 0.430. The number of anilines is 2. The first-order chi connectivity index (χ1) is 11.7. The van der Waals surface area contributed by atoms with Gasteiger partial charge in [-0.25, -0.2) is 0 Å². The van der Waals surface area contributed by atoms with E-state index in [4.69, 9.17) is 4.74 Å².